The van der Waals surface area contributed by atoms with Crippen LogP contribution < -0.4 is 5.56 Å². The molecule has 1 aromatic carbocycles. The van der Waals surface area contributed by atoms with Gasteiger partial charge in [-0.05, 0) is 23.6 Å². The van der Waals surface area contributed by atoms with E-state index in [1.807, 2.05) is 24.3 Å². The van der Waals surface area contributed by atoms with E-state index >= 15 is 0 Å². The number of fused-ring (bicyclic) bond motifs is 1. The maximum atomic E-state index is 12.7. The molecular formula is C17H18N2O3. The summed E-state index contributed by atoms with van der Waals surface area (Å²) in [4.78, 5) is 25.9. The highest BCUT2D eigenvalue weighted by atomic mass is 16.3. The van der Waals surface area contributed by atoms with Gasteiger partial charge in [-0.15, -0.1) is 0 Å². The number of nitrogens with zero attached hydrogens (tertiary/aromatic N) is 2. The van der Waals surface area contributed by atoms with Crippen molar-refractivity contribution in [2.45, 2.75) is 12.5 Å². The van der Waals surface area contributed by atoms with Crippen LogP contribution in [0.5, 0.6) is 0 Å². The molecule has 0 bridgehead atoms. The summed E-state index contributed by atoms with van der Waals surface area (Å²) >= 11 is 0. The fourth-order valence-electron chi connectivity index (χ4n) is 2.98. The van der Waals surface area contributed by atoms with Crippen LogP contribution in [0.25, 0.3) is 0 Å². The maximum Gasteiger partial charge on any atom is 0.255 e. The monoisotopic (exact) mass is 298 g/mol. The van der Waals surface area contributed by atoms with Gasteiger partial charge in [-0.2, -0.15) is 0 Å². The third-order valence-electron chi connectivity index (χ3n) is 4.18. The second-order valence-corrected chi connectivity index (χ2v) is 5.51. The van der Waals surface area contributed by atoms with E-state index in [1.165, 1.54) is 16.2 Å². The molecule has 114 valence electrons. The van der Waals surface area contributed by atoms with Crippen molar-refractivity contribution in [2.24, 2.45) is 7.05 Å². The molecule has 2 heterocycles. The smallest absolute Gasteiger partial charge is 0.255 e. The van der Waals surface area contributed by atoms with Gasteiger partial charge >= 0.3 is 0 Å². The van der Waals surface area contributed by atoms with Crippen molar-refractivity contribution in [1.82, 2.24) is 9.47 Å². The number of hydrogen-bond acceptors (Lipinski definition) is 3. The van der Waals surface area contributed by atoms with Crippen LogP contribution in [0.15, 0.2) is 47.4 Å². The van der Waals surface area contributed by atoms with Crippen LogP contribution in [0, 0.1) is 0 Å². The third kappa shape index (κ3) is 2.44. The van der Waals surface area contributed by atoms with Crippen LogP contribution in [0.4, 0.5) is 0 Å². The fourth-order valence-corrected chi connectivity index (χ4v) is 2.98. The number of aliphatic hydroxyl groups excluding tert-OH is 1. The Hall–Kier alpha value is -2.40. The summed E-state index contributed by atoms with van der Waals surface area (Å²) in [6.07, 6.45) is 2.31. The van der Waals surface area contributed by atoms with Crippen LogP contribution in [-0.2, 0) is 13.5 Å². The third-order valence-corrected chi connectivity index (χ3v) is 4.18. The Morgan fingerprint density at radius 3 is 2.77 bits per heavy atom. The van der Waals surface area contributed by atoms with Gasteiger partial charge in [0, 0.05) is 25.9 Å². The number of carbonyl (C=O) groups is 1. The zero-order valence-corrected chi connectivity index (χ0v) is 12.4. The molecule has 1 atom stereocenters. The van der Waals surface area contributed by atoms with Crippen LogP contribution >= 0.6 is 0 Å². The lowest BCUT2D eigenvalue weighted by molar-refractivity contribution is 0.0568. The van der Waals surface area contributed by atoms with Crippen molar-refractivity contribution >= 4 is 5.91 Å². The van der Waals surface area contributed by atoms with E-state index in [2.05, 4.69) is 0 Å². The molecule has 0 unspecified atom stereocenters. The summed E-state index contributed by atoms with van der Waals surface area (Å²) < 4.78 is 1.39. The van der Waals surface area contributed by atoms with Crippen molar-refractivity contribution in [3.05, 3.63) is 69.6 Å². The molecule has 0 saturated heterocycles. The molecule has 3 rings (SSSR count). The fraction of sp³-hybridized carbons (Fsp3) is 0.294. The average Bonchev–Trinajstić information content (AvgIpc) is 2.55. The van der Waals surface area contributed by atoms with Gasteiger partial charge < -0.3 is 14.6 Å². The van der Waals surface area contributed by atoms with Gasteiger partial charge in [-0.1, -0.05) is 24.3 Å². The van der Waals surface area contributed by atoms with Gasteiger partial charge in [0.05, 0.1) is 18.2 Å². The van der Waals surface area contributed by atoms with E-state index in [0.29, 0.717) is 12.1 Å². The molecule has 1 N–H and O–H groups in total. The number of aromatic nitrogens is 1. The molecule has 0 aliphatic carbocycles. The Bertz CT molecular complexity index is 766. The van der Waals surface area contributed by atoms with Gasteiger partial charge in [-0.3, -0.25) is 9.59 Å². The molecule has 0 fully saturated rings. The summed E-state index contributed by atoms with van der Waals surface area (Å²) in [5.41, 5.74) is 2.47. The van der Waals surface area contributed by atoms with E-state index < -0.39 is 0 Å². The number of amides is 1. The molecule has 1 aliphatic rings. The number of rotatable bonds is 2. The van der Waals surface area contributed by atoms with Gasteiger partial charge in [0.1, 0.15) is 0 Å². The lowest BCUT2D eigenvalue weighted by Gasteiger charge is -2.36. The first-order valence-corrected chi connectivity index (χ1v) is 7.28. The van der Waals surface area contributed by atoms with E-state index in [1.54, 1.807) is 24.2 Å². The van der Waals surface area contributed by atoms with Crippen LogP contribution in [0.3, 0.4) is 0 Å². The van der Waals surface area contributed by atoms with Gasteiger partial charge in [-0.25, -0.2) is 0 Å². The first-order chi connectivity index (χ1) is 10.6. The number of aliphatic hydroxyl groups is 1. The number of hydrogen-bond donors (Lipinski definition) is 1. The quantitative estimate of drug-likeness (QED) is 0.903. The highest BCUT2D eigenvalue weighted by Crippen LogP contribution is 2.30. The first kappa shape index (κ1) is 14.5. The van der Waals surface area contributed by atoms with Gasteiger partial charge in [0.2, 0.25) is 5.56 Å². The normalized spacial score (nSPS) is 17.2. The van der Waals surface area contributed by atoms with Crippen molar-refractivity contribution in [2.75, 3.05) is 13.2 Å². The first-order valence-electron chi connectivity index (χ1n) is 7.28. The van der Waals surface area contributed by atoms with Crippen molar-refractivity contribution in [3.8, 4) is 0 Å². The Morgan fingerprint density at radius 2 is 2.05 bits per heavy atom. The summed E-state index contributed by atoms with van der Waals surface area (Å²) in [6, 6.07) is 10.5. The molecule has 5 heteroatoms. The lowest BCUT2D eigenvalue weighted by atomic mass is 9.92. The number of benzene rings is 1. The molecule has 2 aromatic rings. The Kier molecular flexibility index (Phi) is 3.81. The molecule has 0 spiro atoms. The summed E-state index contributed by atoms with van der Waals surface area (Å²) in [5.74, 6) is -0.163. The maximum absolute atomic E-state index is 12.7. The predicted octanol–water partition coefficient (Wildman–Crippen LogP) is 1.12. The Labute approximate surface area is 128 Å². The predicted molar refractivity (Wildman–Crippen MR) is 82.7 cm³/mol. The summed E-state index contributed by atoms with van der Waals surface area (Å²) in [7, 11) is 1.62. The zero-order chi connectivity index (χ0) is 15.7. The van der Waals surface area contributed by atoms with E-state index in [0.717, 1.165) is 12.0 Å². The standard InChI is InChI=1S/C17H18N2O3/c1-18-10-13(6-7-16(18)21)17(22)19-9-8-12-4-2-3-5-14(12)15(19)11-20/h2-7,10,15,20H,8-9,11H2,1H3/t15-/m0/s1. The van der Waals surface area contributed by atoms with Crippen molar-refractivity contribution < 1.29 is 9.90 Å². The summed E-state index contributed by atoms with van der Waals surface area (Å²) in [5, 5.41) is 9.75. The molecular weight excluding hydrogens is 280 g/mol. The van der Waals surface area contributed by atoms with Gasteiger partial charge in [0.15, 0.2) is 0 Å². The van der Waals surface area contributed by atoms with E-state index in [4.69, 9.17) is 0 Å². The zero-order valence-electron chi connectivity index (χ0n) is 12.4. The lowest BCUT2D eigenvalue weighted by Crippen LogP contribution is -2.42. The molecule has 1 aromatic heterocycles. The molecule has 1 aliphatic heterocycles. The summed E-state index contributed by atoms with van der Waals surface area (Å²) in [6.45, 7) is 0.443. The van der Waals surface area contributed by atoms with Crippen LogP contribution in [0.1, 0.15) is 27.5 Å². The second-order valence-electron chi connectivity index (χ2n) is 5.51. The SMILES string of the molecule is Cn1cc(C(=O)N2CCc3ccccc3[C@@H]2CO)ccc1=O. The minimum atomic E-state index is -0.338. The van der Waals surface area contributed by atoms with Crippen LogP contribution in [-0.4, -0.2) is 33.6 Å². The number of pyridine rings is 1. The number of carbonyl (C=O) groups excluding carboxylic acids is 1. The largest absolute Gasteiger partial charge is 0.394 e. The van der Waals surface area contributed by atoms with E-state index in [-0.39, 0.29) is 24.1 Å². The van der Waals surface area contributed by atoms with Crippen LogP contribution in [0.2, 0.25) is 0 Å². The Balaban J connectivity index is 1.96. The highest BCUT2D eigenvalue weighted by Gasteiger charge is 2.30. The van der Waals surface area contributed by atoms with Gasteiger partial charge in [0.25, 0.3) is 5.91 Å². The second kappa shape index (κ2) is 5.77. The molecule has 0 radical (unpaired) electrons. The number of aryl methyl sites for hydroxylation is 1. The minimum absolute atomic E-state index is 0.117. The highest BCUT2D eigenvalue weighted by molar-refractivity contribution is 5.94. The Morgan fingerprint density at radius 1 is 1.27 bits per heavy atom. The van der Waals surface area contributed by atoms with E-state index in [9.17, 15) is 14.7 Å². The molecule has 22 heavy (non-hydrogen) atoms. The topological polar surface area (TPSA) is 62.5 Å². The molecule has 1 amide bonds. The van der Waals surface area contributed by atoms with Crippen molar-refractivity contribution in [3.63, 3.8) is 0 Å². The van der Waals surface area contributed by atoms with Crippen molar-refractivity contribution in [1.29, 1.82) is 0 Å². The molecule has 0 saturated carbocycles. The molecule has 5 nitrogen and oxygen atoms in total. The minimum Gasteiger partial charge on any atom is -0.394 e. The average molecular weight is 298 g/mol.